The number of halogens is 1. The van der Waals surface area contributed by atoms with Gasteiger partial charge in [0.2, 0.25) is 0 Å². The second-order valence-corrected chi connectivity index (χ2v) is 4.50. The average molecular weight is 342 g/mol. The highest BCUT2D eigenvalue weighted by Crippen LogP contribution is 2.26. The van der Waals surface area contributed by atoms with Gasteiger partial charge in [0, 0.05) is 6.20 Å². The minimum absolute atomic E-state index is 0.137. The van der Waals surface area contributed by atoms with E-state index in [9.17, 15) is 4.79 Å². The van der Waals surface area contributed by atoms with Gasteiger partial charge in [-0.05, 0) is 41.6 Å². The van der Waals surface area contributed by atoms with Gasteiger partial charge >= 0.3 is 0 Å². The molecular formula is C12H11IN2O2. The van der Waals surface area contributed by atoms with Gasteiger partial charge in [-0.1, -0.05) is 12.1 Å². The Labute approximate surface area is 112 Å². The second-order valence-electron chi connectivity index (χ2n) is 3.34. The fourth-order valence-electron chi connectivity index (χ4n) is 1.46. The van der Waals surface area contributed by atoms with E-state index >= 15 is 0 Å². The lowest BCUT2D eigenvalue weighted by atomic mass is 10.2. The molecule has 0 radical (unpaired) electrons. The van der Waals surface area contributed by atoms with Gasteiger partial charge in [0.25, 0.3) is 5.56 Å². The maximum Gasteiger partial charge on any atom is 0.264 e. The molecule has 0 aliphatic carbocycles. The van der Waals surface area contributed by atoms with Crippen LogP contribution in [0.4, 0.5) is 0 Å². The monoisotopic (exact) mass is 342 g/mol. The Balaban J connectivity index is 2.52. The molecule has 0 aliphatic heterocycles. The number of nitrogens with one attached hydrogen (secondary N) is 1. The highest BCUT2D eigenvalue weighted by atomic mass is 127. The summed E-state index contributed by atoms with van der Waals surface area (Å²) in [7, 11) is 0. The molecule has 17 heavy (non-hydrogen) atoms. The first-order valence-corrected chi connectivity index (χ1v) is 6.27. The van der Waals surface area contributed by atoms with E-state index in [4.69, 9.17) is 4.74 Å². The van der Waals surface area contributed by atoms with Crippen LogP contribution in [-0.4, -0.2) is 16.6 Å². The maximum absolute atomic E-state index is 11.5. The molecule has 0 saturated heterocycles. The Morgan fingerprint density at radius 3 is 2.88 bits per heavy atom. The third kappa shape index (κ3) is 2.66. The van der Waals surface area contributed by atoms with Crippen LogP contribution in [0, 0.1) is 3.57 Å². The molecular weight excluding hydrogens is 331 g/mol. The number of aromatic nitrogens is 2. The van der Waals surface area contributed by atoms with Crippen LogP contribution in [0.5, 0.6) is 5.75 Å². The van der Waals surface area contributed by atoms with Gasteiger partial charge in [0.05, 0.1) is 15.7 Å². The lowest BCUT2D eigenvalue weighted by Gasteiger charge is -2.08. The summed E-state index contributed by atoms with van der Waals surface area (Å²) < 4.78 is 6.07. The van der Waals surface area contributed by atoms with Crippen molar-refractivity contribution in [2.45, 2.75) is 6.92 Å². The van der Waals surface area contributed by atoms with Crippen LogP contribution in [0.15, 0.2) is 35.3 Å². The first-order chi connectivity index (χ1) is 8.22. The molecule has 0 saturated carbocycles. The van der Waals surface area contributed by atoms with Crippen molar-refractivity contribution in [3.05, 3.63) is 44.4 Å². The number of rotatable bonds is 3. The summed E-state index contributed by atoms with van der Waals surface area (Å²) in [6.45, 7) is 2.49. The third-order valence-electron chi connectivity index (χ3n) is 2.20. The van der Waals surface area contributed by atoms with Gasteiger partial charge in [-0.15, -0.1) is 0 Å². The summed E-state index contributed by atoms with van der Waals surface area (Å²) in [4.78, 5) is 18.5. The summed E-state index contributed by atoms with van der Waals surface area (Å²) in [5, 5.41) is 0. The SMILES string of the molecule is CCOc1ccccc1-c1ncc(I)c(=O)[nH]1. The summed E-state index contributed by atoms with van der Waals surface area (Å²) in [5.41, 5.74) is 0.657. The van der Waals surface area contributed by atoms with Crippen molar-refractivity contribution in [2.24, 2.45) is 0 Å². The minimum Gasteiger partial charge on any atom is -0.493 e. The molecule has 5 heteroatoms. The normalized spacial score (nSPS) is 10.2. The molecule has 0 spiro atoms. The fraction of sp³-hybridized carbons (Fsp3) is 0.167. The second kappa shape index (κ2) is 5.31. The summed E-state index contributed by atoms with van der Waals surface area (Å²) in [6, 6.07) is 7.50. The Morgan fingerprint density at radius 2 is 2.18 bits per heavy atom. The smallest absolute Gasteiger partial charge is 0.264 e. The minimum atomic E-state index is -0.137. The molecule has 1 heterocycles. The standard InChI is InChI=1S/C12H11IN2O2/c1-2-17-10-6-4-3-5-8(10)11-14-7-9(13)12(16)15-11/h3-7H,2H2,1H3,(H,14,15,16). The average Bonchev–Trinajstić information content (AvgIpc) is 2.34. The van der Waals surface area contributed by atoms with E-state index in [-0.39, 0.29) is 5.56 Å². The quantitative estimate of drug-likeness (QED) is 0.872. The number of aromatic amines is 1. The molecule has 0 amide bonds. The molecule has 2 aromatic rings. The Morgan fingerprint density at radius 1 is 1.41 bits per heavy atom. The van der Waals surface area contributed by atoms with Gasteiger partial charge in [0.15, 0.2) is 0 Å². The fourth-order valence-corrected chi connectivity index (χ4v) is 1.73. The molecule has 0 fully saturated rings. The third-order valence-corrected chi connectivity index (χ3v) is 2.97. The van der Waals surface area contributed by atoms with E-state index in [0.29, 0.717) is 16.0 Å². The van der Waals surface area contributed by atoms with Crippen LogP contribution >= 0.6 is 22.6 Å². The van der Waals surface area contributed by atoms with Gasteiger partial charge in [-0.25, -0.2) is 4.98 Å². The number of benzene rings is 1. The number of nitrogens with zero attached hydrogens (tertiary/aromatic N) is 1. The maximum atomic E-state index is 11.5. The molecule has 0 aliphatic rings. The highest BCUT2D eigenvalue weighted by Gasteiger charge is 2.08. The summed E-state index contributed by atoms with van der Waals surface area (Å²) in [6.07, 6.45) is 1.55. The van der Waals surface area contributed by atoms with Gasteiger partial charge in [-0.3, -0.25) is 4.79 Å². The Bertz CT molecular complexity index is 581. The number of hydrogen-bond donors (Lipinski definition) is 1. The molecule has 0 atom stereocenters. The largest absolute Gasteiger partial charge is 0.493 e. The first kappa shape index (κ1) is 12.1. The van der Waals surface area contributed by atoms with E-state index in [1.54, 1.807) is 6.20 Å². The molecule has 88 valence electrons. The number of hydrogen-bond acceptors (Lipinski definition) is 3. The van der Waals surface area contributed by atoms with Gasteiger partial charge in [0.1, 0.15) is 11.6 Å². The molecule has 2 rings (SSSR count). The van der Waals surface area contributed by atoms with Crippen LogP contribution in [0.3, 0.4) is 0 Å². The van der Waals surface area contributed by atoms with Crippen molar-refractivity contribution in [3.8, 4) is 17.1 Å². The lowest BCUT2D eigenvalue weighted by molar-refractivity contribution is 0.341. The van der Waals surface area contributed by atoms with Gasteiger partial charge < -0.3 is 9.72 Å². The zero-order valence-corrected chi connectivity index (χ0v) is 11.4. The molecule has 1 N–H and O–H groups in total. The lowest BCUT2D eigenvalue weighted by Crippen LogP contribution is -2.11. The van der Waals surface area contributed by atoms with E-state index in [1.165, 1.54) is 0 Å². The predicted octanol–water partition coefficient (Wildman–Crippen LogP) is 2.44. The summed E-state index contributed by atoms with van der Waals surface area (Å²) >= 11 is 1.95. The molecule has 0 unspecified atom stereocenters. The number of ether oxygens (including phenoxy) is 1. The molecule has 4 nitrogen and oxygen atoms in total. The topological polar surface area (TPSA) is 55.0 Å². The zero-order chi connectivity index (χ0) is 12.3. The van der Waals surface area contributed by atoms with Crippen LogP contribution in [0.25, 0.3) is 11.4 Å². The van der Waals surface area contributed by atoms with E-state index in [2.05, 4.69) is 9.97 Å². The van der Waals surface area contributed by atoms with E-state index < -0.39 is 0 Å². The first-order valence-electron chi connectivity index (χ1n) is 5.19. The zero-order valence-electron chi connectivity index (χ0n) is 9.24. The van der Waals surface area contributed by atoms with Crippen molar-refractivity contribution in [1.82, 2.24) is 9.97 Å². The number of para-hydroxylation sites is 1. The van der Waals surface area contributed by atoms with Crippen molar-refractivity contribution < 1.29 is 4.74 Å². The number of H-pyrrole nitrogens is 1. The molecule has 0 bridgehead atoms. The Hall–Kier alpha value is -1.37. The van der Waals surface area contributed by atoms with Crippen LogP contribution in [0.1, 0.15) is 6.92 Å². The van der Waals surface area contributed by atoms with E-state index in [0.717, 1.165) is 11.3 Å². The van der Waals surface area contributed by atoms with Crippen LogP contribution < -0.4 is 10.3 Å². The van der Waals surface area contributed by atoms with Crippen molar-refractivity contribution in [1.29, 1.82) is 0 Å². The van der Waals surface area contributed by atoms with Crippen LogP contribution in [-0.2, 0) is 0 Å². The highest BCUT2D eigenvalue weighted by molar-refractivity contribution is 14.1. The van der Waals surface area contributed by atoms with Crippen molar-refractivity contribution in [2.75, 3.05) is 6.61 Å². The van der Waals surface area contributed by atoms with E-state index in [1.807, 2.05) is 53.8 Å². The predicted molar refractivity (Wildman–Crippen MR) is 74.2 cm³/mol. The molecule has 1 aromatic heterocycles. The van der Waals surface area contributed by atoms with Crippen LogP contribution in [0.2, 0.25) is 0 Å². The summed E-state index contributed by atoms with van der Waals surface area (Å²) in [5.74, 6) is 1.25. The van der Waals surface area contributed by atoms with Gasteiger partial charge in [-0.2, -0.15) is 0 Å². The van der Waals surface area contributed by atoms with Crippen molar-refractivity contribution >= 4 is 22.6 Å². The van der Waals surface area contributed by atoms with Crippen molar-refractivity contribution in [3.63, 3.8) is 0 Å². The Kier molecular flexibility index (Phi) is 3.78. The molecule has 1 aromatic carbocycles.